The van der Waals surface area contributed by atoms with Gasteiger partial charge in [0.05, 0.1) is 5.69 Å². The Kier molecular flexibility index (Phi) is 1.44. The average molecular weight is 125 g/mol. The first-order valence-electron chi connectivity index (χ1n) is 2.41. The van der Waals surface area contributed by atoms with E-state index in [0.29, 0.717) is 0 Å². The molecule has 0 aliphatic rings. The maximum absolute atomic E-state index is 4.71. The molecule has 0 aliphatic heterocycles. The van der Waals surface area contributed by atoms with Crippen LogP contribution in [0.2, 0.25) is 0 Å². The maximum atomic E-state index is 4.71. The largest absolute Gasteiger partial charge is 0.350 e. The van der Waals surface area contributed by atoms with E-state index in [4.69, 9.17) is 12.2 Å². The highest BCUT2D eigenvalue weighted by Gasteiger charge is 1.86. The molecule has 0 unspecified atom stereocenters. The van der Waals surface area contributed by atoms with E-state index in [-0.39, 0.29) is 0 Å². The monoisotopic (exact) mass is 125 g/mol. The molecular weight excluding hydrogens is 118 g/mol. The van der Waals surface area contributed by atoms with Gasteiger partial charge < -0.3 is 4.57 Å². The summed E-state index contributed by atoms with van der Waals surface area (Å²) in [7, 11) is 1.97. The number of thiocarbonyl (C=S) groups is 1. The molecule has 0 saturated heterocycles. The molecular formula is C6H7NS. The van der Waals surface area contributed by atoms with Crippen molar-refractivity contribution in [3.05, 3.63) is 24.0 Å². The van der Waals surface area contributed by atoms with Crippen LogP contribution in [-0.4, -0.2) is 9.93 Å². The molecule has 0 radical (unpaired) electrons. The lowest BCUT2D eigenvalue weighted by atomic mass is 10.5. The summed E-state index contributed by atoms with van der Waals surface area (Å²) in [5.41, 5.74) is 1.08. The van der Waals surface area contributed by atoms with Gasteiger partial charge in [0.15, 0.2) is 0 Å². The van der Waals surface area contributed by atoms with Gasteiger partial charge in [0.1, 0.15) is 0 Å². The molecule has 1 aromatic heterocycles. The van der Waals surface area contributed by atoms with Crippen LogP contribution in [-0.2, 0) is 7.05 Å². The third kappa shape index (κ3) is 0.793. The highest BCUT2D eigenvalue weighted by atomic mass is 32.1. The van der Waals surface area contributed by atoms with Gasteiger partial charge in [-0.05, 0) is 12.1 Å². The van der Waals surface area contributed by atoms with Crippen LogP contribution < -0.4 is 0 Å². The fourth-order valence-electron chi connectivity index (χ4n) is 0.597. The zero-order chi connectivity index (χ0) is 5.98. The summed E-state index contributed by atoms with van der Waals surface area (Å²) in [6.45, 7) is 0. The summed E-state index contributed by atoms with van der Waals surface area (Å²) in [5, 5.41) is 1.67. The molecule has 2 heteroatoms. The molecule has 0 fully saturated rings. The smallest absolute Gasteiger partial charge is 0.0513 e. The van der Waals surface area contributed by atoms with Crippen LogP contribution in [0.3, 0.4) is 0 Å². The Balaban J connectivity index is 3.09. The van der Waals surface area contributed by atoms with E-state index < -0.39 is 0 Å². The van der Waals surface area contributed by atoms with Crippen LogP contribution in [0.1, 0.15) is 5.69 Å². The van der Waals surface area contributed by atoms with Crippen molar-refractivity contribution >= 4 is 17.6 Å². The first-order chi connectivity index (χ1) is 3.84. The molecule has 0 aromatic carbocycles. The predicted molar refractivity (Wildman–Crippen MR) is 38.2 cm³/mol. The Morgan fingerprint density at radius 3 is 2.75 bits per heavy atom. The Hall–Kier alpha value is -0.630. The van der Waals surface area contributed by atoms with Crippen molar-refractivity contribution in [2.45, 2.75) is 0 Å². The Morgan fingerprint density at radius 2 is 2.50 bits per heavy atom. The lowest BCUT2D eigenvalue weighted by Crippen LogP contribution is -1.89. The first-order valence-corrected chi connectivity index (χ1v) is 2.88. The second kappa shape index (κ2) is 2.09. The van der Waals surface area contributed by atoms with Crippen LogP contribution in [0.4, 0.5) is 0 Å². The van der Waals surface area contributed by atoms with Crippen molar-refractivity contribution in [3.8, 4) is 0 Å². The summed E-state index contributed by atoms with van der Waals surface area (Å²) >= 11 is 4.71. The van der Waals surface area contributed by atoms with Crippen molar-refractivity contribution in [1.82, 2.24) is 4.57 Å². The van der Waals surface area contributed by atoms with Crippen LogP contribution in [0.5, 0.6) is 0 Å². The van der Waals surface area contributed by atoms with Gasteiger partial charge in [0.2, 0.25) is 0 Å². The molecule has 1 heterocycles. The van der Waals surface area contributed by atoms with Gasteiger partial charge in [-0.25, -0.2) is 0 Å². The minimum absolute atomic E-state index is 1.08. The summed E-state index contributed by atoms with van der Waals surface area (Å²) in [4.78, 5) is 0. The molecule has 0 atom stereocenters. The highest BCUT2D eigenvalue weighted by molar-refractivity contribution is 7.79. The second-order valence-electron chi connectivity index (χ2n) is 1.66. The van der Waals surface area contributed by atoms with Crippen molar-refractivity contribution in [1.29, 1.82) is 0 Å². The number of nitrogens with zero attached hydrogens (tertiary/aromatic N) is 1. The van der Waals surface area contributed by atoms with E-state index in [1.165, 1.54) is 0 Å². The SMILES string of the molecule is Cn1cccc1C=S. The molecule has 42 valence electrons. The number of aromatic nitrogens is 1. The third-order valence-corrected chi connectivity index (χ3v) is 1.35. The van der Waals surface area contributed by atoms with Gasteiger partial charge in [0.25, 0.3) is 0 Å². The van der Waals surface area contributed by atoms with Gasteiger partial charge in [-0.15, -0.1) is 0 Å². The molecule has 0 bridgehead atoms. The summed E-state index contributed by atoms with van der Waals surface area (Å²) in [6, 6.07) is 3.95. The maximum Gasteiger partial charge on any atom is 0.0513 e. The zero-order valence-corrected chi connectivity index (χ0v) is 5.48. The molecule has 0 N–H and O–H groups in total. The van der Waals surface area contributed by atoms with E-state index in [0.717, 1.165) is 5.69 Å². The van der Waals surface area contributed by atoms with Crippen molar-refractivity contribution in [2.75, 3.05) is 0 Å². The normalized spacial score (nSPS) is 9.12. The number of aryl methyl sites for hydroxylation is 1. The Labute approximate surface area is 53.9 Å². The Morgan fingerprint density at radius 1 is 1.75 bits per heavy atom. The molecule has 0 saturated carbocycles. The topological polar surface area (TPSA) is 4.93 Å². The molecule has 0 spiro atoms. The van der Waals surface area contributed by atoms with Crippen molar-refractivity contribution in [2.24, 2.45) is 7.05 Å². The van der Waals surface area contributed by atoms with Gasteiger partial charge in [0, 0.05) is 18.6 Å². The van der Waals surface area contributed by atoms with E-state index in [1.54, 1.807) is 5.37 Å². The average Bonchev–Trinajstić information content (AvgIpc) is 2.14. The van der Waals surface area contributed by atoms with Crippen LogP contribution in [0, 0.1) is 0 Å². The first kappa shape index (κ1) is 5.51. The summed E-state index contributed by atoms with van der Waals surface area (Å²) in [5.74, 6) is 0. The number of rotatable bonds is 1. The standard InChI is InChI=1S/C6H7NS/c1-7-4-2-3-6(7)5-8/h2-5H,1H3. The molecule has 1 nitrogen and oxygen atoms in total. The molecule has 0 amide bonds. The lowest BCUT2D eigenvalue weighted by molar-refractivity contribution is 0.921. The van der Waals surface area contributed by atoms with E-state index >= 15 is 0 Å². The third-order valence-electron chi connectivity index (χ3n) is 1.10. The summed E-state index contributed by atoms with van der Waals surface area (Å²) in [6.07, 6.45) is 1.97. The van der Waals surface area contributed by atoms with Gasteiger partial charge in [-0.2, -0.15) is 0 Å². The highest BCUT2D eigenvalue weighted by Crippen LogP contribution is 1.93. The predicted octanol–water partition coefficient (Wildman–Crippen LogP) is 1.37. The summed E-state index contributed by atoms with van der Waals surface area (Å²) < 4.78 is 1.98. The zero-order valence-electron chi connectivity index (χ0n) is 4.66. The van der Waals surface area contributed by atoms with Crippen LogP contribution in [0.25, 0.3) is 0 Å². The fraction of sp³-hybridized carbons (Fsp3) is 0.167. The van der Waals surface area contributed by atoms with Crippen LogP contribution >= 0.6 is 12.2 Å². The molecule has 8 heavy (non-hydrogen) atoms. The van der Waals surface area contributed by atoms with E-state index in [9.17, 15) is 0 Å². The quantitative estimate of drug-likeness (QED) is 0.513. The lowest BCUT2D eigenvalue weighted by Gasteiger charge is -1.90. The second-order valence-corrected chi connectivity index (χ2v) is 1.90. The minimum Gasteiger partial charge on any atom is -0.350 e. The van der Waals surface area contributed by atoms with Crippen molar-refractivity contribution < 1.29 is 0 Å². The molecule has 1 aromatic rings. The van der Waals surface area contributed by atoms with Gasteiger partial charge in [-0.3, -0.25) is 0 Å². The molecule has 1 rings (SSSR count). The Bertz CT molecular complexity index is 190. The number of hydrogen-bond donors (Lipinski definition) is 0. The van der Waals surface area contributed by atoms with E-state index in [1.807, 2.05) is 29.9 Å². The number of hydrogen-bond acceptors (Lipinski definition) is 1. The fourth-order valence-corrected chi connectivity index (χ4v) is 0.842. The molecule has 0 aliphatic carbocycles. The van der Waals surface area contributed by atoms with Crippen molar-refractivity contribution in [3.63, 3.8) is 0 Å². The minimum atomic E-state index is 1.08. The van der Waals surface area contributed by atoms with Crippen LogP contribution in [0.15, 0.2) is 18.3 Å². The van der Waals surface area contributed by atoms with Gasteiger partial charge in [-0.1, -0.05) is 12.2 Å². The van der Waals surface area contributed by atoms with E-state index in [2.05, 4.69) is 0 Å². The van der Waals surface area contributed by atoms with Gasteiger partial charge >= 0.3 is 0 Å².